The Morgan fingerprint density at radius 1 is 1.00 bits per heavy atom. The van der Waals surface area contributed by atoms with Crippen molar-refractivity contribution in [3.8, 4) is 0 Å². The van der Waals surface area contributed by atoms with Gasteiger partial charge in [-0.05, 0) is 35.9 Å². The monoisotopic (exact) mass is 368 g/mol. The molecular formula is C17H12ClF3N2O2. The first-order chi connectivity index (χ1) is 11.8. The van der Waals surface area contributed by atoms with Crippen LogP contribution in [-0.4, -0.2) is 11.8 Å². The number of hydrazine groups is 1. The topological polar surface area (TPSA) is 58.2 Å². The number of hydrogen-bond donors (Lipinski definition) is 2. The maximum Gasteiger partial charge on any atom is 0.416 e. The Kier molecular flexibility index (Phi) is 5.82. The second kappa shape index (κ2) is 7.85. The SMILES string of the molecule is O=C(/C=C/c1cccc(C(F)(F)F)c1)NNC(=O)c1ccccc1Cl. The van der Waals surface area contributed by atoms with Crippen LogP contribution in [0.1, 0.15) is 21.5 Å². The molecule has 130 valence electrons. The first-order valence-electron chi connectivity index (χ1n) is 6.97. The van der Waals surface area contributed by atoms with E-state index in [0.29, 0.717) is 0 Å². The van der Waals surface area contributed by atoms with Gasteiger partial charge in [0.2, 0.25) is 0 Å². The highest BCUT2D eigenvalue weighted by Gasteiger charge is 2.30. The van der Waals surface area contributed by atoms with E-state index in [4.69, 9.17) is 11.6 Å². The van der Waals surface area contributed by atoms with Crippen LogP contribution in [0, 0.1) is 0 Å². The van der Waals surface area contributed by atoms with Crippen molar-refractivity contribution in [2.75, 3.05) is 0 Å². The van der Waals surface area contributed by atoms with Crippen molar-refractivity contribution in [3.63, 3.8) is 0 Å². The van der Waals surface area contributed by atoms with Crippen LogP contribution < -0.4 is 10.9 Å². The van der Waals surface area contributed by atoms with Gasteiger partial charge >= 0.3 is 6.18 Å². The van der Waals surface area contributed by atoms with Gasteiger partial charge in [0.25, 0.3) is 11.8 Å². The van der Waals surface area contributed by atoms with E-state index >= 15 is 0 Å². The van der Waals surface area contributed by atoms with Crippen LogP contribution >= 0.6 is 11.6 Å². The third-order valence-corrected chi connectivity index (χ3v) is 3.39. The fourth-order valence-electron chi connectivity index (χ4n) is 1.86. The van der Waals surface area contributed by atoms with E-state index in [1.165, 1.54) is 30.3 Å². The van der Waals surface area contributed by atoms with Gasteiger partial charge in [-0.2, -0.15) is 13.2 Å². The van der Waals surface area contributed by atoms with Crippen LogP contribution in [0.5, 0.6) is 0 Å². The lowest BCUT2D eigenvalue weighted by molar-refractivity contribution is -0.137. The lowest BCUT2D eigenvalue weighted by atomic mass is 10.1. The molecule has 0 aromatic heterocycles. The van der Waals surface area contributed by atoms with Crippen molar-refractivity contribution in [2.45, 2.75) is 6.18 Å². The van der Waals surface area contributed by atoms with E-state index in [9.17, 15) is 22.8 Å². The average Bonchev–Trinajstić information content (AvgIpc) is 2.58. The van der Waals surface area contributed by atoms with Gasteiger partial charge in [-0.3, -0.25) is 20.4 Å². The first kappa shape index (κ1) is 18.5. The van der Waals surface area contributed by atoms with Gasteiger partial charge < -0.3 is 0 Å². The summed E-state index contributed by atoms with van der Waals surface area (Å²) in [5.41, 5.74) is 3.83. The molecule has 0 aliphatic rings. The van der Waals surface area contributed by atoms with Gasteiger partial charge in [0.15, 0.2) is 0 Å². The van der Waals surface area contributed by atoms with Gasteiger partial charge in [0.1, 0.15) is 0 Å². The Morgan fingerprint density at radius 2 is 1.72 bits per heavy atom. The van der Waals surface area contributed by atoms with Crippen LogP contribution in [-0.2, 0) is 11.0 Å². The van der Waals surface area contributed by atoms with E-state index < -0.39 is 23.6 Å². The smallest absolute Gasteiger partial charge is 0.268 e. The van der Waals surface area contributed by atoms with Crippen molar-refractivity contribution in [1.29, 1.82) is 0 Å². The molecule has 0 atom stereocenters. The fourth-order valence-corrected chi connectivity index (χ4v) is 2.08. The molecule has 0 aliphatic heterocycles. The van der Waals surface area contributed by atoms with Gasteiger partial charge in [0, 0.05) is 6.08 Å². The molecule has 0 spiro atoms. The minimum absolute atomic E-state index is 0.173. The molecule has 0 saturated heterocycles. The largest absolute Gasteiger partial charge is 0.416 e. The summed E-state index contributed by atoms with van der Waals surface area (Å²) in [5, 5.41) is 0.216. The molecule has 0 heterocycles. The molecule has 0 saturated carbocycles. The highest BCUT2D eigenvalue weighted by molar-refractivity contribution is 6.33. The maximum absolute atomic E-state index is 12.6. The number of rotatable bonds is 3. The Morgan fingerprint density at radius 3 is 2.40 bits per heavy atom. The number of nitrogens with one attached hydrogen (secondary N) is 2. The molecule has 2 amide bonds. The van der Waals surface area contributed by atoms with Gasteiger partial charge in [0.05, 0.1) is 16.1 Å². The quantitative estimate of drug-likeness (QED) is 0.639. The standard InChI is InChI=1S/C17H12ClF3N2O2/c18-14-7-2-1-6-13(14)16(25)23-22-15(24)9-8-11-4-3-5-12(10-11)17(19,20)21/h1-10H,(H,22,24)(H,23,25)/b9-8+. The van der Waals surface area contributed by atoms with Crippen molar-refractivity contribution in [2.24, 2.45) is 0 Å². The van der Waals surface area contributed by atoms with Gasteiger partial charge in [-0.15, -0.1) is 0 Å². The zero-order chi connectivity index (χ0) is 18.4. The summed E-state index contributed by atoms with van der Waals surface area (Å²) in [6, 6.07) is 10.7. The third kappa shape index (κ3) is 5.36. The summed E-state index contributed by atoms with van der Waals surface area (Å²) in [6.45, 7) is 0. The van der Waals surface area contributed by atoms with Crippen LogP contribution in [0.15, 0.2) is 54.6 Å². The van der Waals surface area contributed by atoms with E-state index in [1.807, 2.05) is 0 Å². The molecule has 25 heavy (non-hydrogen) atoms. The molecule has 0 aliphatic carbocycles. The van der Waals surface area contributed by atoms with E-state index in [0.717, 1.165) is 18.2 Å². The number of alkyl halides is 3. The molecule has 0 fully saturated rings. The van der Waals surface area contributed by atoms with E-state index in [1.54, 1.807) is 12.1 Å². The zero-order valence-corrected chi connectivity index (χ0v) is 13.4. The second-order valence-electron chi connectivity index (χ2n) is 4.88. The number of carbonyl (C=O) groups excluding carboxylic acids is 2. The minimum atomic E-state index is -4.46. The molecule has 0 radical (unpaired) electrons. The normalized spacial score (nSPS) is 11.4. The van der Waals surface area contributed by atoms with Crippen LogP contribution in [0.3, 0.4) is 0 Å². The lowest BCUT2D eigenvalue weighted by Crippen LogP contribution is -2.40. The van der Waals surface area contributed by atoms with Crippen LogP contribution in [0.2, 0.25) is 5.02 Å². The highest BCUT2D eigenvalue weighted by Crippen LogP contribution is 2.29. The fraction of sp³-hybridized carbons (Fsp3) is 0.0588. The van der Waals surface area contributed by atoms with Crippen molar-refractivity contribution < 1.29 is 22.8 Å². The van der Waals surface area contributed by atoms with Crippen molar-refractivity contribution in [1.82, 2.24) is 10.9 Å². The van der Waals surface area contributed by atoms with Crippen molar-refractivity contribution >= 4 is 29.5 Å². The number of carbonyl (C=O) groups is 2. The molecule has 2 aromatic carbocycles. The third-order valence-electron chi connectivity index (χ3n) is 3.06. The number of amides is 2. The van der Waals surface area contributed by atoms with Gasteiger partial charge in [-0.1, -0.05) is 35.9 Å². The van der Waals surface area contributed by atoms with Gasteiger partial charge in [-0.25, -0.2) is 0 Å². The molecule has 4 nitrogen and oxygen atoms in total. The van der Waals surface area contributed by atoms with E-state index in [2.05, 4.69) is 10.9 Å². The number of benzene rings is 2. The summed E-state index contributed by atoms with van der Waals surface area (Å²) in [7, 11) is 0. The Hall–Kier alpha value is -2.80. The molecule has 0 bridgehead atoms. The van der Waals surface area contributed by atoms with Crippen LogP contribution in [0.4, 0.5) is 13.2 Å². The molecule has 2 aromatic rings. The first-order valence-corrected chi connectivity index (χ1v) is 7.35. The van der Waals surface area contributed by atoms with E-state index in [-0.39, 0.29) is 16.1 Å². The van der Waals surface area contributed by atoms with Crippen molar-refractivity contribution in [3.05, 3.63) is 76.3 Å². The summed E-state index contributed by atoms with van der Waals surface area (Å²) in [6.07, 6.45) is -2.26. The second-order valence-corrected chi connectivity index (χ2v) is 5.29. The number of halogens is 4. The number of hydrogen-bond acceptors (Lipinski definition) is 2. The predicted octanol–water partition coefficient (Wildman–Crippen LogP) is 3.83. The summed E-state index contributed by atoms with van der Waals surface area (Å²) < 4.78 is 37.8. The minimum Gasteiger partial charge on any atom is -0.268 e. The maximum atomic E-state index is 12.6. The Labute approximate surface area is 146 Å². The predicted molar refractivity (Wildman–Crippen MR) is 87.5 cm³/mol. The lowest BCUT2D eigenvalue weighted by Gasteiger charge is -2.07. The molecular weight excluding hydrogens is 357 g/mol. The zero-order valence-electron chi connectivity index (χ0n) is 12.6. The molecule has 2 rings (SSSR count). The Balaban J connectivity index is 1.95. The summed E-state index contributed by atoms with van der Waals surface area (Å²) in [5.74, 6) is -1.33. The van der Waals surface area contributed by atoms with Crippen LogP contribution in [0.25, 0.3) is 6.08 Å². The molecule has 0 unspecified atom stereocenters. The molecule has 2 N–H and O–H groups in total. The summed E-state index contributed by atoms with van der Waals surface area (Å²) >= 11 is 5.85. The highest BCUT2D eigenvalue weighted by atomic mass is 35.5. The molecule has 8 heteroatoms. The Bertz CT molecular complexity index is 820. The average molecular weight is 369 g/mol. The summed E-state index contributed by atoms with van der Waals surface area (Å²) in [4.78, 5) is 23.5.